The predicted molar refractivity (Wildman–Crippen MR) is 92.9 cm³/mol. The van der Waals surface area contributed by atoms with Crippen molar-refractivity contribution < 1.29 is 19.1 Å². The van der Waals surface area contributed by atoms with Crippen LogP contribution in [0.5, 0.6) is 0 Å². The molecule has 0 atom stereocenters. The van der Waals surface area contributed by atoms with E-state index in [1.807, 2.05) is 48.0 Å². The molecule has 0 aliphatic rings. The topological polar surface area (TPSA) is 73.7 Å². The molecule has 7 nitrogen and oxygen atoms in total. The van der Waals surface area contributed by atoms with Gasteiger partial charge < -0.3 is 9.47 Å². The molecule has 0 bridgehead atoms. The lowest BCUT2D eigenvalue weighted by molar-refractivity contribution is -0.145. The van der Waals surface area contributed by atoms with Crippen LogP contribution in [0.25, 0.3) is 11.3 Å². The van der Waals surface area contributed by atoms with Crippen molar-refractivity contribution in [3.63, 3.8) is 0 Å². The molecule has 25 heavy (non-hydrogen) atoms. The third-order valence-electron chi connectivity index (χ3n) is 3.84. The lowest BCUT2D eigenvalue weighted by Gasteiger charge is -2.19. The van der Waals surface area contributed by atoms with Gasteiger partial charge in [-0.05, 0) is 13.0 Å². The van der Waals surface area contributed by atoms with Crippen LogP contribution in [0.3, 0.4) is 0 Å². The molecule has 0 spiro atoms. The van der Waals surface area contributed by atoms with Crippen LogP contribution in [0.15, 0.2) is 36.4 Å². The first-order valence-electron chi connectivity index (χ1n) is 7.99. The van der Waals surface area contributed by atoms with E-state index >= 15 is 0 Å². The molecule has 0 saturated heterocycles. The average molecular weight is 345 g/mol. The normalized spacial score (nSPS) is 10.7. The van der Waals surface area contributed by atoms with Gasteiger partial charge in [0.1, 0.15) is 0 Å². The van der Waals surface area contributed by atoms with E-state index < -0.39 is 11.9 Å². The largest absolute Gasteiger partial charge is 0.468 e. The van der Waals surface area contributed by atoms with Gasteiger partial charge in [-0.3, -0.25) is 19.2 Å². The number of methoxy groups -OCH3 is 2. The fraction of sp³-hybridized carbons (Fsp3) is 0.389. The van der Waals surface area contributed by atoms with Crippen LogP contribution in [0, 0.1) is 6.92 Å². The number of nitrogens with zero attached hydrogens (tertiary/aromatic N) is 3. The zero-order valence-electron chi connectivity index (χ0n) is 14.8. The second-order valence-corrected chi connectivity index (χ2v) is 5.62. The minimum Gasteiger partial charge on any atom is -0.468 e. The lowest BCUT2D eigenvalue weighted by Crippen LogP contribution is -2.37. The Bertz CT molecular complexity index is 694. The lowest BCUT2D eigenvalue weighted by atomic mass is 10.1. The van der Waals surface area contributed by atoms with Gasteiger partial charge in [-0.2, -0.15) is 5.10 Å². The molecule has 2 rings (SSSR count). The van der Waals surface area contributed by atoms with Gasteiger partial charge in [-0.25, -0.2) is 0 Å². The Labute approximate surface area is 147 Å². The molecule has 0 fully saturated rings. The summed E-state index contributed by atoms with van der Waals surface area (Å²) in [6.45, 7) is 3.05. The maximum Gasteiger partial charge on any atom is 0.319 e. The van der Waals surface area contributed by atoms with Crippen molar-refractivity contribution in [2.24, 2.45) is 0 Å². The highest BCUT2D eigenvalue weighted by molar-refractivity contribution is 5.74. The van der Waals surface area contributed by atoms with Crippen molar-refractivity contribution in [2.45, 2.75) is 13.5 Å². The number of ether oxygens (including phenoxy) is 2. The van der Waals surface area contributed by atoms with Crippen molar-refractivity contribution in [2.75, 3.05) is 33.9 Å². The Morgan fingerprint density at radius 2 is 1.68 bits per heavy atom. The Hall–Kier alpha value is -2.67. The fourth-order valence-corrected chi connectivity index (χ4v) is 2.43. The summed E-state index contributed by atoms with van der Waals surface area (Å²) in [5.41, 5.74) is 2.95. The maximum absolute atomic E-state index is 11.5. The highest BCUT2D eigenvalue weighted by Crippen LogP contribution is 2.18. The molecule has 1 aromatic heterocycles. The Balaban J connectivity index is 2.05. The monoisotopic (exact) mass is 345 g/mol. The number of aryl methyl sites for hydroxylation is 1. The highest BCUT2D eigenvalue weighted by Gasteiger charge is 2.16. The molecular weight excluding hydrogens is 322 g/mol. The number of rotatable bonds is 8. The third-order valence-corrected chi connectivity index (χ3v) is 3.84. The molecule has 0 saturated carbocycles. The number of esters is 2. The van der Waals surface area contributed by atoms with Crippen molar-refractivity contribution in [3.8, 4) is 11.3 Å². The summed E-state index contributed by atoms with van der Waals surface area (Å²) >= 11 is 0. The first-order valence-corrected chi connectivity index (χ1v) is 7.99. The van der Waals surface area contributed by atoms with Gasteiger partial charge in [0.15, 0.2) is 0 Å². The summed E-state index contributed by atoms with van der Waals surface area (Å²) in [6, 6.07) is 11.9. The number of hydrogen-bond donors (Lipinski definition) is 0. The second kappa shape index (κ2) is 8.98. The number of carbonyl (C=O) groups is 2. The Morgan fingerprint density at radius 3 is 2.24 bits per heavy atom. The van der Waals surface area contributed by atoms with E-state index in [0.29, 0.717) is 13.1 Å². The summed E-state index contributed by atoms with van der Waals surface area (Å²) in [5.74, 6) is -0.794. The van der Waals surface area contributed by atoms with Crippen molar-refractivity contribution in [1.29, 1.82) is 0 Å². The molecule has 0 aliphatic carbocycles. The third kappa shape index (κ3) is 5.42. The molecular formula is C18H23N3O4. The summed E-state index contributed by atoms with van der Waals surface area (Å²) in [6.07, 6.45) is 0. The first kappa shape index (κ1) is 18.7. The van der Waals surface area contributed by atoms with Crippen molar-refractivity contribution in [3.05, 3.63) is 42.1 Å². The van der Waals surface area contributed by atoms with Gasteiger partial charge >= 0.3 is 11.9 Å². The molecule has 1 heterocycles. The van der Waals surface area contributed by atoms with Crippen LogP contribution in [-0.4, -0.2) is 60.5 Å². The van der Waals surface area contributed by atoms with Gasteiger partial charge in [0.05, 0.1) is 39.5 Å². The number of carbonyl (C=O) groups excluding carboxylic acids is 2. The highest BCUT2D eigenvalue weighted by atomic mass is 16.5. The van der Waals surface area contributed by atoms with E-state index in [1.54, 1.807) is 4.90 Å². The quantitative estimate of drug-likeness (QED) is 0.675. The summed E-state index contributed by atoms with van der Waals surface area (Å²) in [4.78, 5) is 24.7. The van der Waals surface area contributed by atoms with E-state index in [0.717, 1.165) is 17.0 Å². The van der Waals surface area contributed by atoms with E-state index in [9.17, 15) is 9.59 Å². The summed E-state index contributed by atoms with van der Waals surface area (Å²) in [7, 11) is 2.64. The zero-order valence-corrected chi connectivity index (χ0v) is 14.8. The van der Waals surface area contributed by atoms with Crippen LogP contribution in [0.4, 0.5) is 0 Å². The van der Waals surface area contributed by atoms with Crippen LogP contribution in [0.1, 0.15) is 5.69 Å². The number of aromatic nitrogens is 2. The second-order valence-electron chi connectivity index (χ2n) is 5.62. The summed E-state index contributed by atoms with van der Waals surface area (Å²) < 4.78 is 11.2. The zero-order chi connectivity index (χ0) is 18.2. The van der Waals surface area contributed by atoms with Crippen LogP contribution < -0.4 is 0 Å². The number of benzene rings is 1. The molecule has 0 unspecified atom stereocenters. The Morgan fingerprint density at radius 1 is 1.08 bits per heavy atom. The summed E-state index contributed by atoms with van der Waals surface area (Å²) in [5, 5.41) is 4.61. The SMILES string of the molecule is COC(=O)CN(CCn1nc(-c2ccccc2)cc1C)CC(=O)OC. The van der Waals surface area contributed by atoms with Crippen molar-refractivity contribution in [1.82, 2.24) is 14.7 Å². The van der Waals surface area contributed by atoms with E-state index in [-0.39, 0.29) is 13.1 Å². The molecule has 7 heteroatoms. The minimum atomic E-state index is -0.397. The van der Waals surface area contributed by atoms with Crippen molar-refractivity contribution >= 4 is 11.9 Å². The minimum absolute atomic E-state index is 0.0253. The number of hydrogen-bond acceptors (Lipinski definition) is 6. The van der Waals surface area contributed by atoms with Gasteiger partial charge in [0, 0.05) is 17.8 Å². The van der Waals surface area contributed by atoms with Gasteiger partial charge in [-0.1, -0.05) is 30.3 Å². The van der Waals surface area contributed by atoms with Crippen LogP contribution >= 0.6 is 0 Å². The fourth-order valence-electron chi connectivity index (χ4n) is 2.43. The van der Waals surface area contributed by atoms with E-state index in [2.05, 4.69) is 14.6 Å². The molecule has 0 amide bonds. The Kier molecular flexibility index (Phi) is 6.71. The molecule has 134 valence electrons. The first-order chi connectivity index (χ1) is 12.0. The van der Waals surface area contributed by atoms with Gasteiger partial charge in [0.25, 0.3) is 0 Å². The molecule has 2 aromatic rings. The van der Waals surface area contributed by atoms with E-state index in [4.69, 9.17) is 0 Å². The maximum atomic E-state index is 11.5. The van der Waals surface area contributed by atoms with Crippen LogP contribution in [0.2, 0.25) is 0 Å². The smallest absolute Gasteiger partial charge is 0.319 e. The molecule has 0 aliphatic heterocycles. The predicted octanol–water partition coefficient (Wildman–Crippen LogP) is 1.51. The molecule has 0 radical (unpaired) electrons. The van der Waals surface area contributed by atoms with Gasteiger partial charge in [-0.15, -0.1) is 0 Å². The van der Waals surface area contributed by atoms with Gasteiger partial charge in [0.2, 0.25) is 0 Å². The average Bonchev–Trinajstić information content (AvgIpc) is 3.01. The molecule has 1 aromatic carbocycles. The van der Waals surface area contributed by atoms with E-state index in [1.165, 1.54) is 14.2 Å². The molecule has 0 N–H and O–H groups in total. The van der Waals surface area contributed by atoms with Crippen LogP contribution in [-0.2, 0) is 25.6 Å². The standard InChI is InChI=1S/C18H23N3O4/c1-14-11-16(15-7-5-4-6-8-15)19-21(14)10-9-20(12-17(22)24-2)13-18(23)25-3/h4-8,11H,9-10,12-13H2,1-3H3.